The maximum atomic E-state index is 12.0. The van der Waals surface area contributed by atoms with Crippen molar-refractivity contribution in [1.82, 2.24) is 15.5 Å². The molecule has 7 nitrogen and oxygen atoms in total. The number of nitrogens with one attached hydrogen (secondary N) is 1. The van der Waals surface area contributed by atoms with Gasteiger partial charge in [0.15, 0.2) is 11.5 Å². The van der Waals surface area contributed by atoms with Gasteiger partial charge in [-0.2, -0.15) is 0 Å². The van der Waals surface area contributed by atoms with Gasteiger partial charge in [-0.15, -0.1) is 10.2 Å². The number of nitrogens with zero attached hydrogens (tertiary/aromatic N) is 2. The Hall–Kier alpha value is -2.22. The van der Waals surface area contributed by atoms with E-state index in [0.717, 1.165) is 18.4 Å². The van der Waals surface area contributed by atoms with Crippen LogP contribution in [0.4, 0.5) is 0 Å². The Kier molecular flexibility index (Phi) is 5.80. The van der Waals surface area contributed by atoms with Crippen molar-refractivity contribution in [1.29, 1.82) is 0 Å². The van der Waals surface area contributed by atoms with Gasteiger partial charge in [0.25, 0.3) is 5.22 Å². The van der Waals surface area contributed by atoms with E-state index in [9.17, 15) is 4.79 Å². The molecule has 8 heteroatoms. The maximum absolute atomic E-state index is 12.0. The Morgan fingerprint density at radius 3 is 2.72 bits per heavy atom. The van der Waals surface area contributed by atoms with Crippen molar-refractivity contribution in [2.45, 2.75) is 36.9 Å². The molecule has 0 radical (unpaired) electrons. The number of ether oxygens (including phenoxy) is 2. The lowest BCUT2D eigenvalue weighted by Crippen LogP contribution is -2.33. The van der Waals surface area contributed by atoms with Crippen LogP contribution in [-0.4, -0.2) is 42.1 Å². The van der Waals surface area contributed by atoms with E-state index in [1.807, 2.05) is 6.07 Å². The summed E-state index contributed by atoms with van der Waals surface area (Å²) in [4.78, 5) is 12.0. The first-order valence-corrected chi connectivity index (χ1v) is 9.16. The minimum atomic E-state index is 0.00256. The van der Waals surface area contributed by atoms with Crippen molar-refractivity contribution in [2.24, 2.45) is 0 Å². The molecular weight excluding hydrogens is 342 g/mol. The molecule has 1 aliphatic carbocycles. The summed E-state index contributed by atoms with van der Waals surface area (Å²) in [5, 5.41) is 11.4. The molecule has 134 valence electrons. The largest absolute Gasteiger partial charge is 0.493 e. The Bertz CT molecular complexity index is 728. The number of amides is 1. The average molecular weight is 363 g/mol. The standard InChI is InChI=1S/C17H21N3O4S/c1-22-13-8-7-11(9-14(13)23-2)16-19-20-17(24-16)25-10-15(21)18-12-5-3-4-6-12/h7-9,12H,3-6,10H2,1-2H3,(H,18,21). The second-order valence-corrected chi connectivity index (χ2v) is 6.71. The lowest BCUT2D eigenvalue weighted by atomic mass is 10.2. The van der Waals surface area contributed by atoms with Gasteiger partial charge in [0, 0.05) is 11.6 Å². The molecule has 25 heavy (non-hydrogen) atoms. The summed E-state index contributed by atoms with van der Waals surface area (Å²) in [6.07, 6.45) is 4.52. The number of methoxy groups -OCH3 is 2. The van der Waals surface area contributed by atoms with Crippen LogP contribution in [0.2, 0.25) is 0 Å². The normalized spacial score (nSPS) is 14.5. The van der Waals surface area contributed by atoms with Crippen molar-refractivity contribution < 1.29 is 18.7 Å². The Morgan fingerprint density at radius 2 is 2.00 bits per heavy atom. The topological polar surface area (TPSA) is 86.5 Å². The number of benzene rings is 1. The van der Waals surface area contributed by atoms with Crippen molar-refractivity contribution >= 4 is 17.7 Å². The van der Waals surface area contributed by atoms with E-state index in [1.165, 1.54) is 24.6 Å². The zero-order valence-electron chi connectivity index (χ0n) is 14.3. The molecule has 1 aromatic carbocycles. The van der Waals surface area contributed by atoms with E-state index in [2.05, 4.69) is 15.5 Å². The molecule has 0 atom stereocenters. The molecule has 1 heterocycles. The second-order valence-electron chi connectivity index (χ2n) is 5.78. The lowest BCUT2D eigenvalue weighted by molar-refractivity contribution is -0.119. The minimum Gasteiger partial charge on any atom is -0.493 e. The van der Waals surface area contributed by atoms with Crippen LogP contribution in [0.1, 0.15) is 25.7 Å². The summed E-state index contributed by atoms with van der Waals surface area (Å²) in [5.74, 6) is 1.86. The first-order valence-electron chi connectivity index (χ1n) is 8.17. The molecule has 2 aromatic rings. The van der Waals surface area contributed by atoms with Gasteiger partial charge >= 0.3 is 0 Å². The van der Waals surface area contributed by atoms with Crippen molar-refractivity contribution in [3.8, 4) is 23.0 Å². The third kappa shape index (κ3) is 4.45. The summed E-state index contributed by atoms with van der Waals surface area (Å²) < 4.78 is 16.1. The van der Waals surface area contributed by atoms with Gasteiger partial charge in [-0.05, 0) is 31.0 Å². The number of hydrogen-bond donors (Lipinski definition) is 1. The predicted octanol–water partition coefficient (Wildman–Crippen LogP) is 2.90. The Labute approximate surface area is 150 Å². The van der Waals surface area contributed by atoms with Crippen molar-refractivity contribution in [2.75, 3.05) is 20.0 Å². The smallest absolute Gasteiger partial charge is 0.277 e. The SMILES string of the molecule is COc1ccc(-c2nnc(SCC(=O)NC3CCCC3)o2)cc1OC. The molecule has 1 aromatic heterocycles. The van der Waals surface area contributed by atoms with Gasteiger partial charge in [-0.25, -0.2) is 0 Å². The summed E-state index contributed by atoms with van der Waals surface area (Å²) in [7, 11) is 3.15. The van der Waals surface area contributed by atoms with E-state index in [1.54, 1.807) is 26.4 Å². The average Bonchev–Trinajstić information content (AvgIpc) is 3.31. The fraction of sp³-hybridized carbons (Fsp3) is 0.471. The van der Waals surface area contributed by atoms with Crippen LogP contribution >= 0.6 is 11.8 Å². The number of hydrogen-bond acceptors (Lipinski definition) is 7. The van der Waals surface area contributed by atoms with Gasteiger partial charge in [-0.1, -0.05) is 24.6 Å². The van der Waals surface area contributed by atoms with Crippen LogP contribution in [0, 0.1) is 0 Å². The van der Waals surface area contributed by atoms with E-state index in [-0.39, 0.29) is 11.7 Å². The zero-order chi connectivity index (χ0) is 17.6. The number of thioether (sulfide) groups is 1. The first kappa shape index (κ1) is 17.6. The van der Waals surface area contributed by atoms with Gasteiger partial charge < -0.3 is 19.2 Å². The highest BCUT2D eigenvalue weighted by atomic mass is 32.2. The molecule has 0 spiro atoms. The van der Waals surface area contributed by atoms with Crippen LogP contribution in [0.3, 0.4) is 0 Å². The zero-order valence-corrected chi connectivity index (χ0v) is 15.1. The highest BCUT2D eigenvalue weighted by Gasteiger charge is 2.18. The summed E-state index contributed by atoms with van der Waals surface area (Å²) in [5.41, 5.74) is 0.729. The van der Waals surface area contributed by atoms with Gasteiger partial charge in [0.05, 0.1) is 20.0 Å². The monoisotopic (exact) mass is 363 g/mol. The van der Waals surface area contributed by atoms with Gasteiger partial charge in [0.1, 0.15) is 0 Å². The number of carbonyl (C=O) groups is 1. The number of rotatable bonds is 7. The molecule has 0 unspecified atom stereocenters. The molecule has 1 fully saturated rings. The molecule has 1 aliphatic rings. The molecule has 1 saturated carbocycles. The molecule has 3 rings (SSSR count). The highest BCUT2D eigenvalue weighted by molar-refractivity contribution is 7.99. The third-order valence-electron chi connectivity index (χ3n) is 4.08. The summed E-state index contributed by atoms with van der Waals surface area (Å²) in [6, 6.07) is 5.68. The van der Waals surface area contributed by atoms with Crippen LogP contribution in [0.25, 0.3) is 11.5 Å². The van der Waals surface area contributed by atoms with Crippen LogP contribution in [-0.2, 0) is 4.79 Å². The van der Waals surface area contributed by atoms with Crippen molar-refractivity contribution in [3.63, 3.8) is 0 Å². The fourth-order valence-corrected chi connectivity index (χ4v) is 3.40. The van der Waals surface area contributed by atoms with E-state index in [4.69, 9.17) is 13.9 Å². The van der Waals surface area contributed by atoms with E-state index in [0.29, 0.717) is 28.7 Å². The molecule has 0 bridgehead atoms. The van der Waals surface area contributed by atoms with E-state index < -0.39 is 0 Å². The van der Waals surface area contributed by atoms with E-state index >= 15 is 0 Å². The van der Waals surface area contributed by atoms with Crippen LogP contribution < -0.4 is 14.8 Å². The fourth-order valence-electron chi connectivity index (χ4n) is 2.82. The number of carbonyl (C=O) groups excluding carboxylic acids is 1. The molecular formula is C17H21N3O4S. The van der Waals surface area contributed by atoms with Crippen LogP contribution in [0.5, 0.6) is 11.5 Å². The molecule has 1 N–H and O–H groups in total. The highest BCUT2D eigenvalue weighted by Crippen LogP contribution is 2.32. The molecule has 0 saturated heterocycles. The van der Waals surface area contributed by atoms with Gasteiger partial charge in [0.2, 0.25) is 11.8 Å². The van der Waals surface area contributed by atoms with Crippen molar-refractivity contribution in [3.05, 3.63) is 18.2 Å². The summed E-state index contributed by atoms with van der Waals surface area (Å²) in [6.45, 7) is 0. The second kappa shape index (κ2) is 8.24. The molecule has 0 aliphatic heterocycles. The quantitative estimate of drug-likeness (QED) is 0.757. The maximum Gasteiger partial charge on any atom is 0.277 e. The predicted molar refractivity (Wildman–Crippen MR) is 94.0 cm³/mol. The Balaban J connectivity index is 1.59. The Morgan fingerprint density at radius 1 is 1.24 bits per heavy atom. The molecule has 1 amide bonds. The summed E-state index contributed by atoms with van der Waals surface area (Å²) >= 11 is 1.24. The van der Waals surface area contributed by atoms with Gasteiger partial charge in [-0.3, -0.25) is 4.79 Å². The van der Waals surface area contributed by atoms with Crippen LogP contribution in [0.15, 0.2) is 27.8 Å². The third-order valence-corrected chi connectivity index (χ3v) is 4.90. The first-order chi connectivity index (χ1) is 12.2. The minimum absolute atomic E-state index is 0.00256. The number of aromatic nitrogens is 2. The lowest BCUT2D eigenvalue weighted by Gasteiger charge is -2.10.